The maximum atomic E-state index is 13.9. The van der Waals surface area contributed by atoms with Crippen LogP contribution >= 0.6 is 0 Å². The van der Waals surface area contributed by atoms with Crippen LogP contribution in [0.15, 0.2) is 48.7 Å². The van der Waals surface area contributed by atoms with Crippen LogP contribution < -0.4 is 5.32 Å². The number of fused-ring (bicyclic) bond motifs is 1. The van der Waals surface area contributed by atoms with Gasteiger partial charge in [-0.15, -0.1) is 0 Å². The molecule has 0 bridgehead atoms. The topological polar surface area (TPSA) is 50.2 Å². The van der Waals surface area contributed by atoms with Gasteiger partial charge < -0.3 is 10.2 Å². The Balaban J connectivity index is 1.59. The van der Waals surface area contributed by atoms with Crippen molar-refractivity contribution >= 4 is 11.6 Å². The molecule has 0 atom stereocenters. The first-order valence-electron chi connectivity index (χ1n) is 8.63. The highest BCUT2D eigenvalue weighted by Crippen LogP contribution is 2.26. The van der Waals surface area contributed by atoms with E-state index in [0.29, 0.717) is 0 Å². The zero-order valence-corrected chi connectivity index (χ0v) is 14.7. The molecule has 2 heterocycles. The van der Waals surface area contributed by atoms with Gasteiger partial charge in [-0.2, -0.15) is 5.10 Å². The number of amides is 1. The summed E-state index contributed by atoms with van der Waals surface area (Å²) in [6.07, 6.45) is 2.21. The van der Waals surface area contributed by atoms with Gasteiger partial charge >= 0.3 is 0 Å². The molecule has 27 heavy (non-hydrogen) atoms. The number of likely N-dealkylation sites (N-methyl/N-ethyl adjacent to an activating group) is 1. The summed E-state index contributed by atoms with van der Waals surface area (Å²) in [5, 5.41) is 6.91. The molecule has 1 aliphatic rings. The number of carbonyl (C=O) groups is 1. The molecule has 0 radical (unpaired) electrons. The summed E-state index contributed by atoms with van der Waals surface area (Å²) >= 11 is 0. The van der Waals surface area contributed by atoms with E-state index in [1.54, 1.807) is 0 Å². The minimum Gasteiger partial charge on any atom is -0.320 e. The molecule has 0 fully saturated rings. The number of nitrogens with zero attached hydrogens (tertiary/aromatic N) is 3. The summed E-state index contributed by atoms with van der Waals surface area (Å²) in [5.74, 6) is -1.91. The van der Waals surface area contributed by atoms with Crippen molar-refractivity contribution in [2.75, 3.05) is 18.9 Å². The average molecular weight is 368 g/mol. The highest BCUT2D eigenvalue weighted by Gasteiger charge is 2.19. The van der Waals surface area contributed by atoms with E-state index in [4.69, 9.17) is 0 Å². The Morgan fingerprint density at radius 2 is 1.85 bits per heavy atom. The van der Waals surface area contributed by atoms with Gasteiger partial charge in [0.2, 0.25) is 0 Å². The molecule has 138 valence electrons. The SMILES string of the molecule is CN1CCc2c(cccc2NC(=O)c2ccn(-c3c(F)cccc3F)n2)C1. The Kier molecular flexibility index (Phi) is 4.45. The first-order valence-corrected chi connectivity index (χ1v) is 8.63. The molecule has 1 amide bonds. The molecule has 0 spiro atoms. The van der Waals surface area contributed by atoms with E-state index in [9.17, 15) is 13.6 Å². The van der Waals surface area contributed by atoms with Crippen LogP contribution in [-0.4, -0.2) is 34.2 Å². The van der Waals surface area contributed by atoms with Crippen molar-refractivity contribution in [3.63, 3.8) is 0 Å². The second-order valence-electron chi connectivity index (χ2n) is 6.60. The van der Waals surface area contributed by atoms with Crippen LogP contribution in [0.2, 0.25) is 0 Å². The van der Waals surface area contributed by atoms with Crippen molar-refractivity contribution in [1.29, 1.82) is 0 Å². The van der Waals surface area contributed by atoms with Gasteiger partial charge in [-0.3, -0.25) is 4.79 Å². The number of nitrogens with one attached hydrogen (secondary N) is 1. The third kappa shape index (κ3) is 3.33. The smallest absolute Gasteiger partial charge is 0.276 e. The van der Waals surface area contributed by atoms with E-state index in [0.717, 1.165) is 47.6 Å². The van der Waals surface area contributed by atoms with Crippen molar-refractivity contribution < 1.29 is 13.6 Å². The molecule has 1 aromatic heterocycles. The molecule has 1 aliphatic heterocycles. The minimum absolute atomic E-state index is 0.0863. The fraction of sp³-hybridized carbons (Fsp3) is 0.200. The summed E-state index contributed by atoms with van der Waals surface area (Å²) in [6.45, 7) is 1.75. The van der Waals surface area contributed by atoms with Crippen LogP contribution in [0.3, 0.4) is 0 Å². The van der Waals surface area contributed by atoms with Crippen LogP contribution in [-0.2, 0) is 13.0 Å². The van der Waals surface area contributed by atoms with Crippen molar-refractivity contribution in [2.45, 2.75) is 13.0 Å². The fourth-order valence-electron chi connectivity index (χ4n) is 3.33. The number of rotatable bonds is 3. The van der Waals surface area contributed by atoms with Gasteiger partial charge in [0.1, 0.15) is 5.69 Å². The lowest BCUT2D eigenvalue weighted by molar-refractivity contribution is 0.102. The Hall–Kier alpha value is -3.06. The van der Waals surface area contributed by atoms with Gasteiger partial charge in [-0.05, 0) is 48.9 Å². The average Bonchev–Trinajstić information content (AvgIpc) is 3.11. The van der Waals surface area contributed by atoms with E-state index >= 15 is 0 Å². The van der Waals surface area contributed by atoms with Crippen LogP contribution in [0.4, 0.5) is 14.5 Å². The van der Waals surface area contributed by atoms with Crippen LogP contribution in [0.25, 0.3) is 5.69 Å². The zero-order valence-electron chi connectivity index (χ0n) is 14.7. The van der Waals surface area contributed by atoms with Gasteiger partial charge in [0, 0.05) is 25.0 Å². The molecule has 0 unspecified atom stereocenters. The molecule has 0 saturated heterocycles. The van der Waals surface area contributed by atoms with Gasteiger partial charge in [0.25, 0.3) is 5.91 Å². The Morgan fingerprint density at radius 3 is 2.63 bits per heavy atom. The molecule has 2 aromatic carbocycles. The number of hydrogen-bond acceptors (Lipinski definition) is 3. The van der Waals surface area contributed by atoms with Gasteiger partial charge in [-0.1, -0.05) is 18.2 Å². The summed E-state index contributed by atoms with van der Waals surface area (Å²) in [6, 6.07) is 10.8. The van der Waals surface area contributed by atoms with Crippen LogP contribution in [0.1, 0.15) is 21.6 Å². The third-order valence-electron chi connectivity index (χ3n) is 4.69. The van der Waals surface area contributed by atoms with E-state index in [1.807, 2.05) is 12.1 Å². The number of para-hydroxylation sites is 1. The minimum atomic E-state index is -0.744. The fourth-order valence-corrected chi connectivity index (χ4v) is 3.33. The summed E-state index contributed by atoms with van der Waals surface area (Å²) < 4.78 is 28.9. The third-order valence-corrected chi connectivity index (χ3v) is 4.69. The van der Waals surface area contributed by atoms with E-state index in [1.165, 1.54) is 23.9 Å². The first-order chi connectivity index (χ1) is 13.0. The molecule has 7 heteroatoms. The number of aromatic nitrogens is 2. The van der Waals surface area contributed by atoms with Gasteiger partial charge in [0.15, 0.2) is 17.3 Å². The molecular formula is C20H18F2N4O. The molecule has 3 aromatic rings. The Labute approximate surface area is 155 Å². The molecule has 1 N–H and O–H groups in total. The standard InChI is InChI=1S/C20H18F2N4O/c1-25-10-8-14-13(12-25)4-2-7-17(14)23-20(27)18-9-11-26(24-18)19-15(21)5-3-6-16(19)22/h2-7,9,11H,8,10,12H2,1H3,(H,23,27). The lowest BCUT2D eigenvalue weighted by atomic mass is 9.98. The Bertz CT molecular complexity index is 995. The quantitative estimate of drug-likeness (QED) is 0.771. The predicted molar refractivity (Wildman–Crippen MR) is 97.9 cm³/mol. The monoisotopic (exact) mass is 368 g/mol. The molecule has 5 nitrogen and oxygen atoms in total. The largest absolute Gasteiger partial charge is 0.320 e. The molecular weight excluding hydrogens is 350 g/mol. The number of hydrogen-bond donors (Lipinski definition) is 1. The summed E-state index contributed by atoms with van der Waals surface area (Å²) in [7, 11) is 2.06. The summed E-state index contributed by atoms with van der Waals surface area (Å²) in [4.78, 5) is 14.8. The van der Waals surface area contributed by atoms with Crippen LogP contribution in [0, 0.1) is 11.6 Å². The van der Waals surface area contributed by atoms with Crippen molar-refractivity contribution in [1.82, 2.24) is 14.7 Å². The van der Waals surface area contributed by atoms with Crippen molar-refractivity contribution in [3.05, 3.63) is 77.1 Å². The molecule has 0 aliphatic carbocycles. The molecule has 0 saturated carbocycles. The number of halogens is 2. The maximum absolute atomic E-state index is 13.9. The predicted octanol–water partition coefficient (Wildman–Crippen LogP) is 3.39. The number of benzene rings is 2. The summed E-state index contributed by atoms with van der Waals surface area (Å²) in [5.41, 5.74) is 2.82. The van der Waals surface area contributed by atoms with Crippen molar-refractivity contribution in [3.8, 4) is 5.69 Å². The highest BCUT2D eigenvalue weighted by atomic mass is 19.1. The second kappa shape index (κ2) is 6.92. The first kappa shape index (κ1) is 17.4. The molecule has 4 rings (SSSR count). The van der Waals surface area contributed by atoms with Gasteiger partial charge in [-0.25, -0.2) is 13.5 Å². The highest BCUT2D eigenvalue weighted by molar-refractivity contribution is 6.03. The normalized spacial score (nSPS) is 14.0. The number of anilines is 1. The van der Waals surface area contributed by atoms with Crippen molar-refractivity contribution in [2.24, 2.45) is 0 Å². The second-order valence-corrected chi connectivity index (χ2v) is 6.60. The lowest BCUT2D eigenvalue weighted by Crippen LogP contribution is -2.27. The van der Waals surface area contributed by atoms with Gasteiger partial charge in [0.05, 0.1) is 0 Å². The lowest BCUT2D eigenvalue weighted by Gasteiger charge is -2.26. The maximum Gasteiger partial charge on any atom is 0.276 e. The Morgan fingerprint density at radius 1 is 1.11 bits per heavy atom. The van der Waals surface area contributed by atoms with Crippen LogP contribution in [0.5, 0.6) is 0 Å². The van der Waals surface area contributed by atoms with E-state index in [2.05, 4.69) is 28.4 Å². The van der Waals surface area contributed by atoms with E-state index in [-0.39, 0.29) is 11.4 Å². The number of carbonyl (C=O) groups excluding carboxylic acids is 1. The zero-order chi connectivity index (χ0) is 19.0. The van der Waals surface area contributed by atoms with E-state index < -0.39 is 17.5 Å².